The van der Waals surface area contributed by atoms with Crippen molar-refractivity contribution in [1.29, 1.82) is 0 Å². The summed E-state index contributed by atoms with van der Waals surface area (Å²) in [5.41, 5.74) is 0. The Morgan fingerprint density at radius 2 is 1.44 bits per heavy atom. The van der Waals surface area contributed by atoms with E-state index in [-0.39, 0.29) is 0 Å². The van der Waals surface area contributed by atoms with Crippen LogP contribution >= 0.6 is 0 Å². The van der Waals surface area contributed by atoms with Crippen molar-refractivity contribution in [3.05, 3.63) is 24.3 Å². The first-order valence-electron chi connectivity index (χ1n) is 11.6. The van der Waals surface area contributed by atoms with Gasteiger partial charge in [-0.3, -0.25) is 0 Å². The van der Waals surface area contributed by atoms with Crippen molar-refractivity contribution < 1.29 is 9.47 Å². The van der Waals surface area contributed by atoms with Gasteiger partial charge in [-0.05, 0) is 73.6 Å². The fourth-order valence-corrected chi connectivity index (χ4v) is 5.08. The average Bonchev–Trinajstić information content (AvgIpc) is 2.72. The van der Waals surface area contributed by atoms with Gasteiger partial charge in [0.2, 0.25) is 0 Å². The Kier molecular flexibility index (Phi) is 8.35. The van der Waals surface area contributed by atoms with Gasteiger partial charge in [-0.1, -0.05) is 58.8 Å². The molecule has 152 valence electrons. The minimum Gasteiger partial charge on any atom is -0.494 e. The molecule has 0 heterocycles. The highest BCUT2D eigenvalue weighted by atomic mass is 16.5. The third kappa shape index (κ3) is 6.73. The lowest BCUT2D eigenvalue weighted by Gasteiger charge is -2.30. The molecule has 0 bridgehead atoms. The van der Waals surface area contributed by atoms with Crippen LogP contribution in [0.1, 0.15) is 84.5 Å². The van der Waals surface area contributed by atoms with Crippen LogP contribution in [-0.4, -0.2) is 13.2 Å². The highest BCUT2D eigenvalue weighted by Crippen LogP contribution is 2.35. The van der Waals surface area contributed by atoms with Gasteiger partial charge >= 0.3 is 0 Å². The van der Waals surface area contributed by atoms with E-state index in [1.165, 1.54) is 70.6 Å². The first-order chi connectivity index (χ1) is 13.2. The second-order valence-electron chi connectivity index (χ2n) is 9.11. The Hall–Kier alpha value is -1.18. The summed E-state index contributed by atoms with van der Waals surface area (Å²) < 4.78 is 12.0. The van der Waals surface area contributed by atoms with E-state index in [1.54, 1.807) is 0 Å². The zero-order valence-corrected chi connectivity index (χ0v) is 17.6. The average molecular weight is 373 g/mol. The summed E-state index contributed by atoms with van der Waals surface area (Å²) >= 11 is 0. The molecular formula is C25H40O2. The van der Waals surface area contributed by atoms with Gasteiger partial charge in [-0.2, -0.15) is 0 Å². The molecule has 2 nitrogen and oxygen atoms in total. The van der Waals surface area contributed by atoms with E-state index < -0.39 is 0 Å². The first-order valence-corrected chi connectivity index (χ1v) is 11.6. The highest BCUT2D eigenvalue weighted by molar-refractivity contribution is 5.31. The Morgan fingerprint density at radius 1 is 0.815 bits per heavy atom. The number of hydrogen-bond acceptors (Lipinski definition) is 2. The Balaban J connectivity index is 1.32. The first kappa shape index (κ1) is 20.6. The minimum absolute atomic E-state index is 0.740. The van der Waals surface area contributed by atoms with Gasteiger partial charge in [-0.15, -0.1) is 0 Å². The lowest BCUT2D eigenvalue weighted by atomic mass is 9.76. The monoisotopic (exact) mass is 372 g/mol. The molecule has 0 amide bonds. The SMILES string of the molecule is CCC1CCCCC1CCCOc1ccc(OCC2CCC(C)CC2)cc1. The van der Waals surface area contributed by atoms with Crippen LogP contribution in [-0.2, 0) is 0 Å². The van der Waals surface area contributed by atoms with Crippen LogP contribution in [0.15, 0.2) is 24.3 Å². The summed E-state index contributed by atoms with van der Waals surface area (Å²) in [6, 6.07) is 8.26. The molecule has 0 spiro atoms. The fraction of sp³-hybridized carbons (Fsp3) is 0.760. The molecule has 3 rings (SSSR count). The van der Waals surface area contributed by atoms with Crippen LogP contribution in [0.4, 0.5) is 0 Å². The second kappa shape index (κ2) is 11.0. The minimum atomic E-state index is 0.740. The van der Waals surface area contributed by atoms with Crippen molar-refractivity contribution in [2.45, 2.75) is 84.5 Å². The van der Waals surface area contributed by atoms with E-state index in [0.717, 1.165) is 48.4 Å². The van der Waals surface area contributed by atoms with Crippen LogP contribution < -0.4 is 9.47 Å². The van der Waals surface area contributed by atoms with E-state index in [1.807, 2.05) is 0 Å². The maximum atomic E-state index is 6.01. The Morgan fingerprint density at radius 3 is 2.11 bits per heavy atom. The van der Waals surface area contributed by atoms with Gasteiger partial charge in [0.15, 0.2) is 0 Å². The van der Waals surface area contributed by atoms with Crippen LogP contribution in [0.5, 0.6) is 11.5 Å². The highest BCUT2D eigenvalue weighted by Gasteiger charge is 2.23. The molecule has 2 saturated carbocycles. The topological polar surface area (TPSA) is 18.5 Å². The molecule has 2 atom stereocenters. The van der Waals surface area contributed by atoms with E-state index in [9.17, 15) is 0 Å². The molecule has 2 aliphatic rings. The van der Waals surface area contributed by atoms with Crippen LogP contribution in [0.3, 0.4) is 0 Å². The zero-order valence-electron chi connectivity index (χ0n) is 17.6. The molecule has 0 radical (unpaired) electrons. The Labute approximate surface area is 167 Å². The molecule has 27 heavy (non-hydrogen) atoms. The van der Waals surface area contributed by atoms with Gasteiger partial charge in [0.1, 0.15) is 11.5 Å². The molecule has 2 fully saturated rings. The van der Waals surface area contributed by atoms with Crippen molar-refractivity contribution in [3.63, 3.8) is 0 Å². The Bertz CT molecular complexity index is 516. The zero-order chi connectivity index (χ0) is 18.9. The maximum absolute atomic E-state index is 6.01. The van der Waals surface area contributed by atoms with Crippen LogP contribution in [0.25, 0.3) is 0 Å². The quantitative estimate of drug-likeness (QED) is 0.424. The molecule has 1 aromatic carbocycles. The summed E-state index contributed by atoms with van der Waals surface area (Å²) in [7, 11) is 0. The number of hydrogen-bond donors (Lipinski definition) is 0. The van der Waals surface area contributed by atoms with E-state index in [2.05, 4.69) is 38.1 Å². The summed E-state index contributed by atoms with van der Waals surface area (Å²) in [6.45, 7) is 6.44. The van der Waals surface area contributed by atoms with Gasteiger partial charge < -0.3 is 9.47 Å². The van der Waals surface area contributed by atoms with Crippen molar-refractivity contribution in [1.82, 2.24) is 0 Å². The predicted octanol–water partition coefficient (Wildman–Crippen LogP) is 7.27. The molecule has 0 aromatic heterocycles. The number of rotatable bonds is 9. The number of ether oxygens (including phenoxy) is 2. The van der Waals surface area contributed by atoms with Crippen molar-refractivity contribution in [3.8, 4) is 11.5 Å². The molecule has 0 N–H and O–H groups in total. The summed E-state index contributed by atoms with van der Waals surface area (Å²) in [5.74, 6) is 5.50. The normalized spacial score (nSPS) is 28.7. The van der Waals surface area contributed by atoms with Crippen LogP contribution in [0.2, 0.25) is 0 Å². The smallest absolute Gasteiger partial charge is 0.119 e. The lowest BCUT2D eigenvalue weighted by molar-refractivity contribution is 0.187. The largest absolute Gasteiger partial charge is 0.494 e. The third-order valence-electron chi connectivity index (χ3n) is 7.02. The van der Waals surface area contributed by atoms with Gasteiger partial charge in [0.05, 0.1) is 13.2 Å². The summed E-state index contributed by atoms with van der Waals surface area (Å²) in [5, 5.41) is 0. The standard InChI is InChI=1S/C25H40O2/c1-3-22-7-4-5-8-23(22)9-6-18-26-24-14-16-25(17-15-24)27-19-21-12-10-20(2)11-13-21/h14-17,20-23H,3-13,18-19H2,1-2H3. The van der Waals surface area contributed by atoms with E-state index in [4.69, 9.17) is 9.47 Å². The molecule has 2 aliphatic carbocycles. The predicted molar refractivity (Wildman–Crippen MR) is 114 cm³/mol. The molecule has 0 aliphatic heterocycles. The second-order valence-corrected chi connectivity index (χ2v) is 9.11. The van der Waals surface area contributed by atoms with Gasteiger partial charge in [-0.25, -0.2) is 0 Å². The van der Waals surface area contributed by atoms with E-state index >= 15 is 0 Å². The van der Waals surface area contributed by atoms with E-state index in [0.29, 0.717) is 0 Å². The molecular weight excluding hydrogens is 332 g/mol. The molecule has 1 aromatic rings. The van der Waals surface area contributed by atoms with Gasteiger partial charge in [0, 0.05) is 0 Å². The van der Waals surface area contributed by atoms with Crippen LogP contribution in [0, 0.1) is 23.7 Å². The van der Waals surface area contributed by atoms with Crippen molar-refractivity contribution >= 4 is 0 Å². The fourth-order valence-electron chi connectivity index (χ4n) is 5.08. The lowest BCUT2D eigenvalue weighted by Crippen LogP contribution is -2.19. The maximum Gasteiger partial charge on any atom is 0.119 e. The van der Waals surface area contributed by atoms with Gasteiger partial charge in [0.25, 0.3) is 0 Å². The summed E-state index contributed by atoms with van der Waals surface area (Å²) in [4.78, 5) is 0. The number of benzene rings is 1. The molecule has 2 heteroatoms. The third-order valence-corrected chi connectivity index (χ3v) is 7.02. The van der Waals surface area contributed by atoms with Crippen molar-refractivity contribution in [2.24, 2.45) is 23.7 Å². The molecule has 2 unspecified atom stereocenters. The molecule has 0 saturated heterocycles. The summed E-state index contributed by atoms with van der Waals surface area (Å²) in [6.07, 6.45) is 15.0. The van der Waals surface area contributed by atoms with Crippen molar-refractivity contribution in [2.75, 3.05) is 13.2 Å².